The highest BCUT2D eigenvalue weighted by Gasteiger charge is 2.36. The van der Waals surface area contributed by atoms with Gasteiger partial charge < -0.3 is 10.2 Å². The molecule has 0 unspecified atom stereocenters. The molecule has 1 saturated heterocycles. The van der Waals surface area contributed by atoms with Crippen molar-refractivity contribution in [3.8, 4) is 10.6 Å². The number of halogens is 3. The molecule has 0 atom stereocenters. The van der Waals surface area contributed by atoms with Crippen LogP contribution in [0.3, 0.4) is 0 Å². The van der Waals surface area contributed by atoms with Crippen molar-refractivity contribution in [1.82, 2.24) is 19.3 Å². The maximum atomic E-state index is 13.4. The van der Waals surface area contributed by atoms with Crippen molar-refractivity contribution < 1.29 is 13.2 Å². The topological polar surface area (TPSA) is 57.2 Å². The van der Waals surface area contributed by atoms with Gasteiger partial charge in [0.25, 0.3) is 0 Å². The second-order valence-electron chi connectivity index (χ2n) is 6.39. The first kappa shape index (κ1) is 20.2. The number of alkyl halides is 3. The van der Waals surface area contributed by atoms with Crippen LogP contribution < -0.4 is 10.2 Å². The summed E-state index contributed by atoms with van der Waals surface area (Å²) in [5, 5.41) is 3.81. The lowest BCUT2D eigenvalue weighted by Crippen LogP contribution is -2.35. The summed E-state index contributed by atoms with van der Waals surface area (Å²) in [6.07, 6.45) is 1.59. The van der Waals surface area contributed by atoms with E-state index in [1.807, 2.05) is 6.26 Å². The van der Waals surface area contributed by atoms with Gasteiger partial charge in [-0.1, -0.05) is 23.3 Å². The minimum Gasteiger partial charge on any atom is -0.354 e. The zero-order chi connectivity index (χ0) is 19.6. The highest BCUT2D eigenvalue weighted by Crippen LogP contribution is 2.39. The van der Waals surface area contributed by atoms with E-state index < -0.39 is 11.7 Å². The Morgan fingerprint density at radius 1 is 1.22 bits per heavy atom. The normalized spacial score (nSPS) is 16.5. The molecule has 1 aliphatic rings. The summed E-state index contributed by atoms with van der Waals surface area (Å²) in [5.41, 5.74) is -0.980. The number of hydrogen-bond donors (Lipinski definition) is 1. The monoisotopic (exact) mass is 418 g/mol. The van der Waals surface area contributed by atoms with Crippen LogP contribution in [0.4, 0.5) is 24.3 Å². The minimum atomic E-state index is -4.53. The summed E-state index contributed by atoms with van der Waals surface area (Å²) in [4.78, 5) is 14.4. The second kappa shape index (κ2) is 8.19. The Morgan fingerprint density at radius 3 is 2.48 bits per heavy atom. The average molecular weight is 419 g/mol. The van der Waals surface area contributed by atoms with Gasteiger partial charge in [0.2, 0.25) is 5.95 Å². The number of thiazole rings is 1. The molecule has 1 aliphatic heterocycles. The van der Waals surface area contributed by atoms with Gasteiger partial charge in [-0.2, -0.15) is 13.2 Å². The van der Waals surface area contributed by atoms with E-state index in [-0.39, 0.29) is 17.7 Å². The van der Waals surface area contributed by atoms with Crippen LogP contribution in [0.2, 0.25) is 0 Å². The molecule has 2 aromatic heterocycles. The van der Waals surface area contributed by atoms with Crippen LogP contribution >= 0.6 is 23.3 Å². The summed E-state index contributed by atoms with van der Waals surface area (Å²) in [7, 11) is 3.59. The maximum Gasteiger partial charge on any atom is 0.420 e. The Kier molecular flexibility index (Phi) is 6.11. The molecule has 1 fully saturated rings. The molecule has 0 aliphatic carbocycles. The summed E-state index contributed by atoms with van der Waals surface area (Å²) in [6, 6.07) is 0.150. The summed E-state index contributed by atoms with van der Waals surface area (Å²) >= 11 is 2.87. The van der Waals surface area contributed by atoms with Gasteiger partial charge in [0.05, 0.1) is 10.6 Å². The average Bonchev–Trinajstić information content (AvgIpc) is 3.12. The van der Waals surface area contributed by atoms with Crippen LogP contribution in [0, 0.1) is 0 Å². The zero-order valence-corrected chi connectivity index (χ0v) is 16.9. The zero-order valence-electron chi connectivity index (χ0n) is 15.2. The van der Waals surface area contributed by atoms with Crippen LogP contribution in [-0.4, -0.2) is 58.7 Å². The summed E-state index contributed by atoms with van der Waals surface area (Å²) in [6.45, 7) is 1.85. The molecule has 148 valence electrons. The summed E-state index contributed by atoms with van der Waals surface area (Å²) in [5.74, 6) is 0.223. The van der Waals surface area contributed by atoms with Crippen molar-refractivity contribution in [1.29, 1.82) is 0 Å². The minimum absolute atomic E-state index is 0.132. The number of rotatable bonds is 5. The van der Waals surface area contributed by atoms with Crippen LogP contribution in [0.25, 0.3) is 10.6 Å². The third-order valence-electron chi connectivity index (χ3n) is 4.25. The Morgan fingerprint density at radius 2 is 1.93 bits per heavy atom. The Labute approximate surface area is 164 Å². The van der Waals surface area contributed by atoms with Gasteiger partial charge in [0.15, 0.2) is 5.13 Å². The highest BCUT2D eigenvalue weighted by molar-refractivity contribution is 7.96. The molecule has 3 heterocycles. The van der Waals surface area contributed by atoms with E-state index >= 15 is 0 Å². The SMILES string of the molecule is CSN1CCC(Nc2ncc(C(F)(F)F)c(-c3cnc(N(C)C)s3)n2)CC1. The Bertz CT molecular complexity index is 772. The Balaban J connectivity index is 1.87. The largest absolute Gasteiger partial charge is 0.420 e. The molecule has 0 aromatic carbocycles. The van der Waals surface area contributed by atoms with Crippen LogP contribution in [0.5, 0.6) is 0 Å². The van der Waals surface area contributed by atoms with Gasteiger partial charge in [0, 0.05) is 45.6 Å². The molecule has 3 rings (SSSR count). The second-order valence-corrected chi connectivity index (χ2v) is 8.28. The lowest BCUT2D eigenvalue weighted by atomic mass is 10.1. The van der Waals surface area contributed by atoms with Gasteiger partial charge in [0.1, 0.15) is 5.56 Å². The fraction of sp³-hybridized carbons (Fsp3) is 0.562. The van der Waals surface area contributed by atoms with Crippen molar-refractivity contribution >= 4 is 34.4 Å². The first-order chi connectivity index (χ1) is 12.8. The molecule has 0 radical (unpaired) electrons. The standard InChI is InChI=1S/C16H21F3N6S2/c1-24(2)15-21-9-12(27-15)13-11(16(17,18)19)8-20-14(23-13)22-10-4-6-25(26-3)7-5-10/h8-10H,4-7H2,1-3H3,(H,20,22,23). The van der Waals surface area contributed by atoms with Gasteiger partial charge >= 0.3 is 6.18 Å². The van der Waals surface area contributed by atoms with Gasteiger partial charge in [-0.15, -0.1) is 0 Å². The summed E-state index contributed by atoms with van der Waals surface area (Å²) < 4.78 is 42.6. The quantitative estimate of drug-likeness (QED) is 0.741. The molecule has 2 aromatic rings. The van der Waals surface area contributed by atoms with Crippen LogP contribution in [0.1, 0.15) is 18.4 Å². The van der Waals surface area contributed by atoms with E-state index in [0.29, 0.717) is 10.0 Å². The van der Waals surface area contributed by atoms with Crippen LogP contribution in [0.15, 0.2) is 12.4 Å². The molecule has 6 nitrogen and oxygen atoms in total. The van der Waals surface area contributed by atoms with E-state index in [1.165, 1.54) is 17.5 Å². The third kappa shape index (κ3) is 4.82. The van der Waals surface area contributed by atoms with Crippen molar-refractivity contribution in [3.05, 3.63) is 18.0 Å². The number of nitrogens with one attached hydrogen (secondary N) is 1. The fourth-order valence-corrected chi connectivity index (χ4v) is 4.21. The van der Waals surface area contributed by atoms with Crippen molar-refractivity contribution in [2.24, 2.45) is 0 Å². The first-order valence-electron chi connectivity index (χ1n) is 8.41. The molecule has 27 heavy (non-hydrogen) atoms. The van der Waals surface area contributed by atoms with Crippen LogP contribution in [-0.2, 0) is 6.18 Å². The lowest BCUT2D eigenvalue weighted by Gasteiger charge is -2.30. The molecular weight excluding hydrogens is 397 g/mol. The number of piperidine rings is 1. The Hall–Kier alpha value is -1.59. The van der Waals surface area contributed by atoms with Gasteiger partial charge in [-0.25, -0.2) is 15.0 Å². The smallest absolute Gasteiger partial charge is 0.354 e. The van der Waals surface area contributed by atoms with Crippen molar-refractivity contribution in [3.63, 3.8) is 0 Å². The molecule has 0 bridgehead atoms. The van der Waals surface area contributed by atoms with E-state index in [4.69, 9.17) is 0 Å². The molecule has 0 amide bonds. The lowest BCUT2D eigenvalue weighted by molar-refractivity contribution is -0.137. The van der Waals surface area contributed by atoms with Gasteiger partial charge in [-0.05, 0) is 19.1 Å². The molecule has 1 N–H and O–H groups in total. The van der Waals surface area contributed by atoms with E-state index in [1.54, 1.807) is 30.9 Å². The molecular formula is C16H21F3N6S2. The highest BCUT2D eigenvalue weighted by atomic mass is 32.2. The third-order valence-corrected chi connectivity index (χ3v) is 6.30. The molecule has 0 saturated carbocycles. The van der Waals surface area contributed by atoms with Crippen molar-refractivity contribution in [2.75, 3.05) is 43.7 Å². The van der Waals surface area contributed by atoms with E-state index in [0.717, 1.165) is 32.1 Å². The van der Waals surface area contributed by atoms with Gasteiger partial charge in [-0.3, -0.25) is 4.31 Å². The number of hydrogen-bond acceptors (Lipinski definition) is 8. The van der Waals surface area contributed by atoms with E-state index in [2.05, 4.69) is 24.6 Å². The predicted molar refractivity (Wildman–Crippen MR) is 104 cm³/mol. The predicted octanol–water partition coefficient (Wildman–Crippen LogP) is 3.84. The first-order valence-corrected chi connectivity index (χ1v) is 10.4. The van der Waals surface area contributed by atoms with E-state index in [9.17, 15) is 13.2 Å². The number of aromatic nitrogens is 3. The number of anilines is 2. The molecule has 11 heteroatoms. The molecule has 0 spiro atoms. The fourth-order valence-electron chi connectivity index (χ4n) is 2.79. The number of nitrogens with zero attached hydrogens (tertiary/aromatic N) is 5. The maximum absolute atomic E-state index is 13.4. The van der Waals surface area contributed by atoms with Crippen molar-refractivity contribution in [2.45, 2.75) is 25.1 Å².